The van der Waals surface area contributed by atoms with E-state index in [1.54, 1.807) is 74.7 Å². The van der Waals surface area contributed by atoms with E-state index in [2.05, 4.69) is 5.32 Å². The molecule has 0 aliphatic heterocycles. The lowest BCUT2D eigenvalue weighted by Crippen LogP contribution is -2.42. The van der Waals surface area contributed by atoms with Gasteiger partial charge < -0.3 is 25.3 Å². The van der Waals surface area contributed by atoms with Crippen molar-refractivity contribution in [1.82, 2.24) is 5.32 Å². The fraction of sp³-hybridized carbons (Fsp3) is 0.214. The van der Waals surface area contributed by atoms with Crippen LogP contribution in [0.25, 0.3) is 0 Å². The molecule has 192 valence electrons. The van der Waals surface area contributed by atoms with E-state index < -0.39 is 17.9 Å². The molecular formula is C28H29N3O6. The van der Waals surface area contributed by atoms with Gasteiger partial charge in [0.2, 0.25) is 0 Å². The molecule has 0 bridgehead atoms. The maximum Gasteiger partial charge on any atom is 0.344 e. The van der Waals surface area contributed by atoms with Crippen LogP contribution < -0.4 is 20.5 Å². The van der Waals surface area contributed by atoms with Crippen LogP contribution in [0.15, 0.2) is 72.8 Å². The molecule has 3 aromatic carbocycles. The lowest BCUT2D eigenvalue weighted by molar-refractivity contribution is -0.145. The normalized spacial score (nSPS) is 11.2. The molecule has 37 heavy (non-hydrogen) atoms. The van der Waals surface area contributed by atoms with Crippen molar-refractivity contribution in [3.05, 3.63) is 95.1 Å². The zero-order chi connectivity index (χ0) is 26.8. The summed E-state index contributed by atoms with van der Waals surface area (Å²) in [5.41, 5.74) is 7.52. The first-order valence-electron chi connectivity index (χ1n) is 11.6. The molecule has 3 rings (SSSR count). The van der Waals surface area contributed by atoms with Crippen molar-refractivity contribution in [2.45, 2.75) is 19.4 Å². The number of hydrogen-bond acceptors (Lipinski definition) is 7. The predicted molar refractivity (Wildman–Crippen MR) is 138 cm³/mol. The predicted octanol–water partition coefficient (Wildman–Crippen LogP) is 3.15. The number of hydrogen-bond donors (Lipinski definition) is 3. The van der Waals surface area contributed by atoms with Gasteiger partial charge in [0.15, 0.2) is 12.4 Å². The number of ether oxygens (including phenoxy) is 3. The van der Waals surface area contributed by atoms with Gasteiger partial charge in [-0.2, -0.15) is 0 Å². The molecule has 0 radical (unpaired) electrons. The van der Waals surface area contributed by atoms with E-state index in [0.29, 0.717) is 28.2 Å². The average molecular weight is 504 g/mol. The van der Waals surface area contributed by atoms with Crippen molar-refractivity contribution >= 4 is 23.5 Å². The third-order valence-corrected chi connectivity index (χ3v) is 5.48. The molecular weight excluding hydrogens is 474 g/mol. The maximum absolute atomic E-state index is 13.4. The molecule has 0 spiro atoms. The van der Waals surface area contributed by atoms with E-state index >= 15 is 0 Å². The minimum absolute atomic E-state index is 0.103. The van der Waals surface area contributed by atoms with Gasteiger partial charge in [-0.05, 0) is 61.0 Å². The van der Waals surface area contributed by atoms with Gasteiger partial charge in [0, 0.05) is 23.1 Å². The molecule has 0 unspecified atom stereocenters. The Morgan fingerprint density at radius 2 is 1.43 bits per heavy atom. The summed E-state index contributed by atoms with van der Waals surface area (Å²) in [6, 6.07) is 19.0. The van der Waals surface area contributed by atoms with Crippen LogP contribution in [-0.4, -0.2) is 49.9 Å². The van der Waals surface area contributed by atoms with E-state index in [-0.39, 0.29) is 31.3 Å². The third kappa shape index (κ3) is 7.66. The van der Waals surface area contributed by atoms with Crippen molar-refractivity contribution in [3.8, 4) is 11.5 Å². The van der Waals surface area contributed by atoms with Crippen LogP contribution in [0.5, 0.6) is 11.5 Å². The van der Waals surface area contributed by atoms with Crippen LogP contribution in [0.2, 0.25) is 0 Å². The zero-order valence-electron chi connectivity index (χ0n) is 20.7. The molecule has 4 N–H and O–H groups in total. The standard InChI is InChI=1S/C28H29N3O6/c1-3-36-25(32)17-37-23-14-10-19(11-15-23)26(33)24(16-18-4-12-22(35-2)13-5-18)31-28(34)21-8-6-20(7-9-21)27(29)30/h4-15,24H,3,16-17H2,1-2H3,(H3,29,30)(H,31,34)/t24-/m0/s1. The number of esters is 1. The Bertz CT molecular complexity index is 1240. The fourth-order valence-corrected chi connectivity index (χ4v) is 3.51. The van der Waals surface area contributed by atoms with Gasteiger partial charge in [-0.15, -0.1) is 0 Å². The first-order valence-corrected chi connectivity index (χ1v) is 11.6. The summed E-state index contributed by atoms with van der Waals surface area (Å²) in [5, 5.41) is 10.3. The van der Waals surface area contributed by atoms with Gasteiger partial charge in [-0.1, -0.05) is 24.3 Å². The number of nitrogens with one attached hydrogen (secondary N) is 2. The van der Waals surface area contributed by atoms with Crippen molar-refractivity contribution in [1.29, 1.82) is 5.41 Å². The molecule has 0 fully saturated rings. The van der Waals surface area contributed by atoms with Gasteiger partial charge in [0.25, 0.3) is 5.91 Å². The number of nitrogens with two attached hydrogens (primary N) is 1. The van der Waals surface area contributed by atoms with Crippen molar-refractivity contribution in [2.75, 3.05) is 20.3 Å². The monoisotopic (exact) mass is 503 g/mol. The highest BCUT2D eigenvalue weighted by Crippen LogP contribution is 2.18. The number of Topliss-reactive ketones (excluding diaryl/α,β-unsaturated/α-hetero) is 1. The van der Waals surface area contributed by atoms with E-state index in [9.17, 15) is 14.4 Å². The first-order chi connectivity index (χ1) is 17.8. The molecule has 9 nitrogen and oxygen atoms in total. The van der Waals surface area contributed by atoms with Crippen LogP contribution in [0.3, 0.4) is 0 Å². The molecule has 0 heterocycles. The van der Waals surface area contributed by atoms with E-state index in [4.69, 9.17) is 25.4 Å². The third-order valence-electron chi connectivity index (χ3n) is 5.48. The number of amides is 1. The van der Waals surface area contributed by atoms with E-state index in [1.807, 2.05) is 12.1 Å². The van der Waals surface area contributed by atoms with Gasteiger partial charge in [-0.25, -0.2) is 4.79 Å². The minimum Gasteiger partial charge on any atom is -0.497 e. The Morgan fingerprint density at radius 3 is 2.00 bits per heavy atom. The van der Waals surface area contributed by atoms with Crippen LogP contribution in [0, 0.1) is 5.41 Å². The Balaban J connectivity index is 1.78. The zero-order valence-corrected chi connectivity index (χ0v) is 20.7. The molecule has 3 aromatic rings. The van der Waals surface area contributed by atoms with Crippen LogP contribution in [0.4, 0.5) is 0 Å². The molecule has 9 heteroatoms. The number of methoxy groups -OCH3 is 1. The highest BCUT2D eigenvalue weighted by molar-refractivity contribution is 6.05. The van der Waals surface area contributed by atoms with Crippen LogP contribution in [0.1, 0.15) is 38.8 Å². The number of carbonyl (C=O) groups excluding carboxylic acids is 3. The SMILES string of the molecule is CCOC(=O)COc1ccc(C(=O)[C@H](Cc2ccc(OC)cc2)NC(=O)c2ccc(C(=N)N)cc2)cc1. The second-order valence-electron chi connectivity index (χ2n) is 8.05. The van der Waals surface area contributed by atoms with Gasteiger partial charge in [-0.3, -0.25) is 15.0 Å². The Morgan fingerprint density at radius 1 is 0.865 bits per heavy atom. The summed E-state index contributed by atoms with van der Waals surface area (Å²) in [6.45, 7) is 1.73. The van der Waals surface area contributed by atoms with Gasteiger partial charge in [0.05, 0.1) is 19.8 Å². The second kappa shape index (κ2) is 12.9. The molecule has 0 saturated heterocycles. The first kappa shape index (κ1) is 26.9. The summed E-state index contributed by atoms with van der Waals surface area (Å²) in [6.07, 6.45) is 0.251. The summed E-state index contributed by atoms with van der Waals surface area (Å²) >= 11 is 0. The summed E-state index contributed by atoms with van der Waals surface area (Å²) < 4.78 is 15.4. The number of carbonyl (C=O) groups is 3. The highest BCUT2D eigenvalue weighted by atomic mass is 16.6. The Labute approximate surface area is 215 Å². The quantitative estimate of drug-likeness (QED) is 0.149. The lowest BCUT2D eigenvalue weighted by atomic mass is 9.97. The average Bonchev–Trinajstić information content (AvgIpc) is 2.92. The van der Waals surface area contributed by atoms with E-state index in [1.165, 1.54) is 0 Å². The van der Waals surface area contributed by atoms with E-state index in [0.717, 1.165) is 5.56 Å². The second-order valence-corrected chi connectivity index (χ2v) is 8.05. The van der Waals surface area contributed by atoms with Crippen molar-refractivity contribution in [3.63, 3.8) is 0 Å². The molecule has 0 aromatic heterocycles. The number of amidine groups is 1. The molecule has 0 aliphatic rings. The fourth-order valence-electron chi connectivity index (χ4n) is 3.51. The summed E-state index contributed by atoms with van der Waals surface area (Å²) in [5.74, 6) is -0.223. The smallest absolute Gasteiger partial charge is 0.344 e. The summed E-state index contributed by atoms with van der Waals surface area (Å²) in [4.78, 5) is 37.9. The Kier molecular flexibility index (Phi) is 9.37. The van der Waals surface area contributed by atoms with Gasteiger partial charge in [0.1, 0.15) is 17.3 Å². The number of nitrogen functional groups attached to an aromatic ring is 1. The van der Waals surface area contributed by atoms with Crippen LogP contribution in [-0.2, 0) is 16.0 Å². The number of rotatable bonds is 12. The topological polar surface area (TPSA) is 141 Å². The molecule has 1 amide bonds. The maximum atomic E-state index is 13.4. The highest BCUT2D eigenvalue weighted by Gasteiger charge is 2.23. The number of benzene rings is 3. The van der Waals surface area contributed by atoms with Crippen LogP contribution >= 0.6 is 0 Å². The molecule has 1 atom stereocenters. The van der Waals surface area contributed by atoms with Gasteiger partial charge >= 0.3 is 5.97 Å². The van der Waals surface area contributed by atoms with Crippen molar-refractivity contribution < 1.29 is 28.6 Å². The minimum atomic E-state index is -0.861. The lowest BCUT2D eigenvalue weighted by Gasteiger charge is -2.19. The molecule has 0 saturated carbocycles. The number of ketones is 1. The largest absolute Gasteiger partial charge is 0.497 e. The Hall–Kier alpha value is -4.66. The molecule has 0 aliphatic carbocycles. The summed E-state index contributed by atoms with van der Waals surface area (Å²) in [7, 11) is 1.57. The van der Waals surface area contributed by atoms with Crippen molar-refractivity contribution in [2.24, 2.45) is 5.73 Å².